The van der Waals surface area contributed by atoms with Crippen molar-refractivity contribution < 1.29 is 9.53 Å². The fraction of sp³-hybridized carbons (Fsp3) is 0.375. The summed E-state index contributed by atoms with van der Waals surface area (Å²) in [5.74, 6) is 1.74. The molecule has 2 rings (SSSR count). The van der Waals surface area contributed by atoms with Crippen LogP contribution in [0.25, 0.3) is 0 Å². The van der Waals surface area contributed by atoms with E-state index in [9.17, 15) is 4.79 Å². The number of hydrogen-bond donors (Lipinski definition) is 2. The Morgan fingerprint density at radius 3 is 2.86 bits per heavy atom. The minimum atomic E-state index is -0.173. The van der Waals surface area contributed by atoms with Crippen LogP contribution >= 0.6 is 0 Å². The Kier molecular flexibility index (Phi) is 4.98. The average molecular weight is 287 g/mol. The van der Waals surface area contributed by atoms with Crippen LogP contribution in [0.4, 0.5) is 0 Å². The van der Waals surface area contributed by atoms with Gasteiger partial charge in [0.1, 0.15) is 11.6 Å². The van der Waals surface area contributed by atoms with E-state index in [0.29, 0.717) is 23.8 Å². The SMILES string of the molecule is CC(C)COc1cccc(C(=O)NC(C)c2ncc[nH]2)c1. The van der Waals surface area contributed by atoms with E-state index in [1.807, 2.05) is 19.1 Å². The highest BCUT2D eigenvalue weighted by atomic mass is 16.5. The number of nitrogens with zero attached hydrogens (tertiary/aromatic N) is 1. The third-order valence-electron chi connectivity index (χ3n) is 2.96. The summed E-state index contributed by atoms with van der Waals surface area (Å²) >= 11 is 0. The van der Waals surface area contributed by atoms with Crippen molar-refractivity contribution in [1.29, 1.82) is 0 Å². The first-order valence-corrected chi connectivity index (χ1v) is 7.09. The highest BCUT2D eigenvalue weighted by molar-refractivity contribution is 5.94. The molecule has 1 heterocycles. The van der Waals surface area contributed by atoms with Crippen molar-refractivity contribution in [2.75, 3.05) is 6.61 Å². The van der Waals surface area contributed by atoms with Crippen molar-refractivity contribution in [3.8, 4) is 5.75 Å². The molecule has 1 amide bonds. The quantitative estimate of drug-likeness (QED) is 0.858. The lowest BCUT2D eigenvalue weighted by Gasteiger charge is -2.13. The van der Waals surface area contributed by atoms with E-state index in [1.165, 1.54) is 0 Å². The van der Waals surface area contributed by atoms with Gasteiger partial charge in [-0.25, -0.2) is 4.98 Å². The molecule has 1 unspecified atom stereocenters. The van der Waals surface area contributed by atoms with Crippen LogP contribution in [0.3, 0.4) is 0 Å². The van der Waals surface area contributed by atoms with Gasteiger partial charge in [0.05, 0.1) is 12.6 Å². The predicted molar refractivity (Wildman–Crippen MR) is 81.2 cm³/mol. The number of H-pyrrole nitrogens is 1. The Balaban J connectivity index is 2.00. The van der Waals surface area contributed by atoms with Crippen molar-refractivity contribution in [3.05, 3.63) is 48.0 Å². The van der Waals surface area contributed by atoms with Gasteiger partial charge in [0.25, 0.3) is 5.91 Å². The molecule has 112 valence electrons. The van der Waals surface area contributed by atoms with Crippen LogP contribution in [0.2, 0.25) is 0 Å². The topological polar surface area (TPSA) is 67.0 Å². The number of benzene rings is 1. The smallest absolute Gasteiger partial charge is 0.251 e. The maximum atomic E-state index is 12.2. The van der Waals surface area contributed by atoms with Crippen molar-refractivity contribution in [2.45, 2.75) is 26.8 Å². The maximum absolute atomic E-state index is 12.2. The standard InChI is InChI=1S/C16H21N3O2/c1-11(2)10-21-14-6-4-5-13(9-14)16(20)19-12(3)15-17-7-8-18-15/h4-9,11-12H,10H2,1-3H3,(H,17,18)(H,19,20). The van der Waals surface area contributed by atoms with E-state index in [0.717, 1.165) is 5.82 Å². The average Bonchev–Trinajstić information content (AvgIpc) is 2.99. The number of aromatic nitrogens is 2. The Morgan fingerprint density at radius 2 is 2.19 bits per heavy atom. The predicted octanol–water partition coefficient (Wildman–Crippen LogP) is 2.94. The maximum Gasteiger partial charge on any atom is 0.251 e. The van der Waals surface area contributed by atoms with Crippen LogP contribution in [0, 0.1) is 5.92 Å². The van der Waals surface area contributed by atoms with E-state index in [-0.39, 0.29) is 11.9 Å². The number of carbonyl (C=O) groups is 1. The van der Waals surface area contributed by atoms with Gasteiger partial charge in [-0.2, -0.15) is 0 Å². The van der Waals surface area contributed by atoms with Crippen LogP contribution in [0.5, 0.6) is 5.75 Å². The number of amides is 1. The fourth-order valence-corrected chi connectivity index (χ4v) is 1.85. The zero-order chi connectivity index (χ0) is 15.2. The van der Waals surface area contributed by atoms with Gasteiger partial charge in [-0.3, -0.25) is 4.79 Å². The van der Waals surface area contributed by atoms with Gasteiger partial charge < -0.3 is 15.0 Å². The minimum absolute atomic E-state index is 0.145. The van der Waals surface area contributed by atoms with Gasteiger partial charge in [0.2, 0.25) is 0 Å². The van der Waals surface area contributed by atoms with E-state index < -0.39 is 0 Å². The first kappa shape index (κ1) is 15.1. The number of aromatic amines is 1. The molecule has 0 bridgehead atoms. The van der Waals surface area contributed by atoms with E-state index >= 15 is 0 Å². The number of imidazole rings is 1. The molecule has 0 saturated carbocycles. The van der Waals surface area contributed by atoms with E-state index in [4.69, 9.17) is 4.74 Å². The highest BCUT2D eigenvalue weighted by Gasteiger charge is 2.13. The molecule has 0 aliphatic heterocycles. The molecular formula is C16H21N3O2. The molecule has 0 radical (unpaired) electrons. The summed E-state index contributed by atoms with van der Waals surface area (Å²) in [6.45, 7) is 6.69. The summed E-state index contributed by atoms with van der Waals surface area (Å²) in [7, 11) is 0. The summed E-state index contributed by atoms with van der Waals surface area (Å²) in [5.41, 5.74) is 0.578. The molecule has 2 N–H and O–H groups in total. The second-order valence-corrected chi connectivity index (χ2v) is 5.40. The number of nitrogens with one attached hydrogen (secondary N) is 2. The largest absolute Gasteiger partial charge is 0.493 e. The molecule has 0 saturated heterocycles. The fourth-order valence-electron chi connectivity index (χ4n) is 1.85. The third-order valence-corrected chi connectivity index (χ3v) is 2.96. The van der Waals surface area contributed by atoms with Crippen LogP contribution in [0.15, 0.2) is 36.7 Å². The van der Waals surface area contributed by atoms with Crippen LogP contribution in [0.1, 0.15) is 43.0 Å². The van der Waals surface area contributed by atoms with Crippen molar-refractivity contribution in [1.82, 2.24) is 15.3 Å². The van der Waals surface area contributed by atoms with Gasteiger partial charge in [0, 0.05) is 18.0 Å². The van der Waals surface area contributed by atoms with Crippen LogP contribution < -0.4 is 10.1 Å². The first-order chi connectivity index (χ1) is 10.1. The summed E-state index contributed by atoms with van der Waals surface area (Å²) in [5, 5.41) is 2.90. The zero-order valence-electron chi connectivity index (χ0n) is 12.6. The van der Waals surface area contributed by atoms with Gasteiger partial charge in [-0.05, 0) is 31.0 Å². The van der Waals surface area contributed by atoms with Crippen LogP contribution in [-0.4, -0.2) is 22.5 Å². The lowest BCUT2D eigenvalue weighted by molar-refractivity contribution is 0.0938. The van der Waals surface area contributed by atoms with Gasteiger partial charge in [-0.15, -0.1) is 0 Å². The molecule has 21 heavy (non-hydrogen) atoms. The molecule has 2 aromatic rings. The Hall–Kier alpha value is -2.30. The summed E-state index contributed by atoms with van der Waals surface area (Å²) in [6.07, 6.45) is 3.40. The molecule has 0 aliphatic rings. The number of ether oxygens (including phenoxy) is 1. The highest BCUT2D eigenvalue weighted by Crippen LogP contribution is 2.15. The molecule has 1 atom stereocenters. The molecule has 5 heteroatoms. The number of carbonyl (C=O) groups excluding carboxylic acids is 1. The van der Waals surface area contributed by atoms with Crippen molar-refractivity contribution >= 4 is 5.91 Å². The van der Waals surface area contributed by atoms with Crippen molar-refractivity contribution in [2.24, 2.45) is 5.92 Å². The summed E-state index contributed by atoms with van der Waals surface area (Å²) < 4.78 is 5.64. The van der Waals surface area contributed by atoms with Gasteiger partial charge >= 0.3 is 0 Å². The second kappa shape index (κ2) is 6.92. The molecule has 0 spiro atoms. The van der Waals surface area contributed by atoms with Crippen LogP contribution in [-0.2, 0) is 0 Å². The molecular weight excluding hydrogens is 266 g/mol. The minimum Gasteiger partial charge on any atom is -0.493 e. The molecule has 1 aromatic heterocycles. The molecule has 5 nitrogen and oxygen atoms in total. The Bertz CT molecular complexity index is 579. The molecule has 1 aromatic carbocycles. The normalized spacial score (nSPS) is 12.2. The van der Waals surface area contributed by atoms with Gasteiger partial charge in [0.15, 0.2) is 0 Å². The number of hydrogen-bond acceptors (Lipinski definition) is 3. The van der Waals surface area contributed by atoms with E-state index in [1.54, 1.807) is 24.5 Å². The first-order valence-electron chi connectivity index (χ1n) is 7.09. The van der Waals surface area contributed by atoms with Gasteiger partial charge in [-0.1, -0.05) is 19.9 Å². The second-order valence-electron chi connectivity index (χ2n) is 5.40. The third kappa shape index (κ3) is 4.34. The summed E-state index contributed by atoms with van der Waals surface area (Å²) in [6, 6.07) is 7.03. The Morgan fingerprint density at radius 1 is 1.38 bits per heavy atom. The molecule has 0 fully saturated rings. The lowest BCUT2D eigenvalue weighted by atomic mass is 10.2. The lowest BCUT2D eigenvalue weighted by Crippen LogP contribution is -2.27. The zero-order valence-corrected chi connectivity index (χ0v) is 12.6. The monoisotopic (exact) mass is 287 g/mol. The van der Waals surface area contributed by atoms with E-state index in [2.05, 4.69) is 29.1 Å². The van der Waals surface area contributed by atoms with Crippen molar-refractivity contribution in [3.63, 3.8) is 0 Å². The number of rotatable bonds is 6. The molecule has 0 aliphatic carbocycles. The Labute approximate surface area is 124 Å². The summed E-state index contributed by atoms with van der Waals surface area (Å²) in [4.78, 5) is 19.4.